The molecule has 0 radical (unpaired) electrons. The van der Waals surface area contributed by atoms with Crippen molar-refractivity contribution in [3.05, 3.63) is 69.2 Å². The lowest BCUT2D eigenvalue weighted by Gasteiger charge is -2.18. The third-order valence-corrected chi connectivity index (χ3v) is 5.69. The van der Waals surface area contributed by atoms with Crippen LogP contribution in [0.4, 0.5) is 15.2 Å². The first-order chi connectivity index (χ1) is 16.2. The summed E-state index contributed by atoms with van der Waals surface area (Å²) in [6.07, 6.45) is 1.26. The smallest absolute Gasteiger partial charge is 0.340 e. The highest BCUT2D eigenvalue weighted by atomic mass is 32.1. The number of nitriles is 1. The molecule has 2 aromatic heterocycles. The summed E-state index contributed by atoms with van der Waals surface area (Å²) in [6.45, 7) is 6.32. The van der Waals surface area contributed by atoms with Crippen LogP contribution in [0, 0.1) is 31.0 Å². The molecule has 3 aromatic rings. The van der Waals surface area contributed by atoms with E-state index in [9.17, 15) is 24.0 Å². The molecular weight excluding hydrogens is 459 g/mol. The molecular formula is C24H21FN4O4S. The summed E-state index contributed by atoms with van der Waals surface area (Å²) in [5.41, 5.74) is 1.01. The number of hydrogen-bond donors (Lipinski definition) is 1. The molecule has 0 unspecified atom stereocenters. The number of aromatic amines is 1. The van der Waals surface area contributed by atoms with Crippen LogP contribution in [0.1, 0.15) is 51.6 Å². The Morgan fingerprint density at radius 1 is 1.24 bits per heavy atom. The largest absolute Gasteiger partial charge is 0.462 e. The van der Waals surface area contributed by atoms with E-state index in [0.717, 1.165) is 16.2 Å². The standard InChI is InChI=1S/C24H21FN4O4S/c1-5-33-23(32)21-14(3)27-13(2)20(21)22(31)16(11-26)10-17-12-34-24(28-17)29(15(4)30)19-9-7-6-8-18(19)25/h6-10,12,27H,5H2,1-4H3/b16-10+. The van der Waals surface area contributed by atoms with E-state index >= 15 is 0 Å². The number of allylic oxidation sites excluding steroid dienone is 1. The van der Waals surface area contributed by atoms with Gasteiger partial charge >= 0.3 is 5.97 Å². The first kappa shape index (κ1) is 24.5. The minimum atomic E-state index is -0.667. The fourth-order valence-corrected chi connectivity index (χ4v) is 4.28. The molecule has 34 heavy (non-hydrogen) atoms. The Bertz CT molecular complexity index is 1350. The van der Waals surface area contributed by atoms with Crippen LogP contribution in [0.3, 0.4) is 0 Å². The molecule has 0 bridgehead atoms. The van der Waals surface area contributed by atoms with Crippen molar-refractivity contribution >= 4 is 45.9 Å². The minimum Gasteiger partial charge on any atom is -0.462 e. The Hall–Kier alpha value is -4.10. The van der Waals surface area contributed by atoms with Crippen LogP contribution < -0.4 is 4.90 Å². The molecule has 174 valence electrons. The van der Waals surface area contributed by atoms with Gasteiger partial charge in [-0.1, -0.05) is 12.1 Å². The number of thiazole rings is 1. The Balaban J connectivity index is 2.01. The number of para-hydroxylation sites is 1. The highest BCUT2D eigenvalue weighted by Crippen LogP contribution is 2.31. The number of ether oxygens (including phenoxy) is 1. The topological polar surface area (TPSA) is 116 Å². The molecule has 0 aliphatic rings. The number of nitrogens with zero attached hydrogens (tertiary/aromatic N) is 3. The number of anilines is 2. The Kier molecular flexibility index (Phi) is 7.38. The van der Waals surface area contributed by atoms with Gasteiger partial charge in [0.25, 0.3) is 0 Å². The molecule has 0 fully saturated rings. The molecule has 0 spiro atoms. The first-order valence-electron chi connectivity index (χ1n) is 10.2. The summed E-state index contributed by atoms with van der Waals surface area (Å²) in [4.78, 5) is 46.2. The van der Waals surface area contributed by atoms with E-state index < -0.39 is 23.5 Å². The number of amides is 1. The molecule has 0 aliphatic carbocycles. The van der Waals surface area contributed by atoms with Crippen molar-refractivity contribution in [1.82, 2.24) is 9.97 Å². The molecule has 1 N–H and O–H groups in total. The average molecular weight is 481 g/mol. The van der Waals surface area contributed by atoms with E-state index in [0.29, 0.717) is 11.4 Å². The maximum Gasteiger partial charge on any atom is 0.340 e. The monoisotopic (exact) mass is 480 g/mol. The van der Waals surface area contributed by atoms with E-state index in [1.54, 1.807) is 26.8 Å². The van der Waals surface area contributed by atoms with E-state index in [1.165, 1.54) is 36.6 Å². The number of hydrogen-bond acceptors (Lipinski definition) is 7. The van der Waals surface area contributed by atoms with Crippen molar-refractivity contribution in [2.45, 2.75) is 27.7 Å². The van der Waals surface area contributed by atoms with Crippen molar-refractivity contribution in [1.29, 1.82) is 5.26 Å². The second-order valence-electron chi connectivity index (χ2n) is 7.21. The molecule has 8 nitrogen and oxygen atoms in total. The van der Waals surface area contributed by atoms with Gasteiger partial charge in [-0.2, -0.15) is 5.26 Å². The predicted octanol–water partition coefficient (Wildman–Crippen LogP) is 4.88. The van der Waals surface area contributed by atoms with Gasteiger partial charge in [-0.25, -0.2) is 14.2 Å². The number of esters is 1. The number of ketones is 1. The number of nitrogens with one attached hydrogen (secondary N) is 1. The number of Topliss-reactive ketones (excluding diaryl/α,β-unsaturated/α-hetero) is 1. The molecule has 3 rings (SSSR count). The lowest BCUT2D eigenvalue weighted by Crippen LogP contribution is -2.23. The van der Waals surface area contributed by atoms with Crippen LogP contribution in [-0.2, 0) is 9.53 Å². The molecule has 0 saturated heterocycles. The SMILES string of the molecule is CCOC(=O)c1c(C)[nH]c(C)c1C(=O)/C(C#N)=C/c1csc(N(C(C)=O)c2ccccc2F)n1. The molecule has 10 heteroatoms. The van der Waals surface area contributed by atoms with Gasteiger partial charge in [-0.3, -0.25) is 14.5 Å². The van der Waals surface area contributed by atoms with Gasteiger partial charge in [0.1, 0.15) is 17.5 Å². The number of aryl methyl sites for hydroxylation is 2. The zero-order valence-corrected chi connectivity index (χ0v) is 19.7. The normalized spacial score (nSPS) is 11.1. The molecule has 1 aromatic carbocycles. The van der Waals surface area contributed by atoms with Crippen molar-refractivity contribution in [2.24, 2.45) is 0 Å². The Morgan fingerprint density at radius 3 is 2.53 bits per heavy atom. The van der Waals surface area contributed by atoms with Crippen molar-refractivity contribution in [3.8, 4) is 6.07 Å². The number of aromatic nitrogens is 2. The predicted molar refractivity (Wildman–Crippen MR) is 125 cm³/mol. The van der Waals surface area contributed by atoms with Crippen LogP contribution in [0.25, 0.3) is 6.08 Å². The lowest BCUT2D eigenvalue weighted by atomic mass is 9.99. The van der Waals surface area contributed by atoms with Gasteiger partial charge < -0.3 is 9.72 Å². The lowest BCUT2D eigenvalue weighted by molar-refractivity contribution is -0.115. The summed E-state index contributed by atoms with van der Waals surface area (Å²) >= 11 is 1.05. The van der Waals surface area contributed by atoms with E-state index in [2.05, 4.69) is 9.97 Å². The summed E-state index contributed by atoms with van der Waals surface area (Å²) in [5, 5.41) is 11.4. The van der Waals surface area contributed by atoms with Crippen LogP contribution >= 0.6 is 11.3 Å². The number of rotatable bonds is 7. The third kappa shape index (κ3) is 4.79. The van der Waals surface area contributed by atoms with Gasteiger partial charge in [0.05, 0.1) is 29.1 Å². The number of carbonyl (C=O) groups is 3. The van der Waals surface area contributed by atoms with Gasteiger partial charge in [-0.15, -0.1) is 11.3 Å². The second kappa shape index (κ2) is 10.2. The summed E-state index contributed by atoms with van der Waals surface area (Å²) < 4.78 is 19.3. The van der Waals surface area contributed by atoms with E-state index in [1.807, 2.05) is 6.07 Å². The number of carbonyl (C=O) groups excluding carboxylic acids is 3. The van der Waals surface area contributed by atoms with Crippen LogP contribution in [-0.4, -0.2) is 34.2 Å². The zero-order chi connectivity index (χ0) is 25.0. The average Bonchev–Trinajstić information content (AvgIpc) is 3.36. The highest BCUT2D eigenvalue weighted by Gasteiger charge is 2.28. The van der Waals surface area contributed by atoms with Gasteiger partial charge in [0.2, 0.25) is 11.7 Å². The van der Waals surface area contributed by atoms with Crippen molar-refractivity contribution in [2.75, 3.05) is 11.5 Å². The van der Waals surface area contributed by atoms with Crippen LogP contribution in [0.5, 0.6) is 0 Å². The summed E-state index contributed by atoms with van der Waals surface area (Å²) in [5.74, 6) is -2.38. The number of benzene rings is 1. The van der Waals surface area contributed by atoms with Gasteiger partial charge in [0, 0.05) is 23.7 Å². The van der Waals surface area contributed by atoms with Crippen LogP contribution in [0.2, 0.25) is 0 Å². The zero-order valence-electron chi connectivity index (χ0n) is 18.9. The molecule has 1 amide bonds. The first-order valence-corrected chi connectivity index (χ1v) is 11.1. The van der Waals surface area contributed by atoms with Gasteiger partial charge in [0.15, 0.2) is 5.13 Å². The number of halogens is 1. The van der Waals surface area contributed by atoms with E-state index in [-0.39, 0.29) is 39.8 Å². The minimum absolute atomic E-state index is 0.0361. The van der Waals surface area contributed by atoms with Gasteiger partial charge in [-0.05, 0) is 39.0 Å². The molecule has 0 saturated carbocycles. The molecule has 0 atom stereocenters. The summed E-state index contributed by atoms with van der Waals surface area (Å²) in [7, 11) is 0. The molecule has 0 aliphatic heterocycles. The fourth-order valence-electron chi connectivity index (χ4n) is 3.44. The van der Waals surface area contributed by atoms with Crippen molar-refractivity contribution < 1.29 is 23.5 Å². The maximum absolute atomic E-state index is 14.3. The number of H-pyrrole nitrogens is 1. The second-order valence-corrected chi connectivity index (χ2v) is 8.04. The Morgan fingerprint density at radius 2 is 1.91 bits per heavy atom. The maximum atomic E-state index is 14.3. The highest BCUT2D eigenvalue weighted by molar-refractivity contribution is 7.14. The fraction of sp³-hybridized carbons (Fsp3) is 0.208. The molecule has 2 heterocycles. The quantitative estimate of drug-likeness (QED) is 0.223. The van der Waals surface area contributed by atoms with Crippen LogP contribution in [0.15, 0.2) is 35.2 Å². The Labute approximate surface area is 199 Å². The summed E-state index contributed by atoms with van der Waals surface area (Å²) in [6, 6.07) is 7.64. The third-order valence-electron chi connectivity index (χ3n) is 4.85. The van der Waals surface area contributed by atoms with Crippen molar-refractivity contribution in [3.63, 3.8) is 0 Å². The van der Waals surface area contributed by atoms with E-state index in [4.69, 9.17) is 4.74 Å².